The lowest BCUT2D eigenvalue weighted by Crippen LogP contribution is -2.53. The van der Waals surface area contributed by atoms with Crippen molar-refractivity contribution in [3.8, 4) is 11.4 Å². The minimum absolute atomic E-state index is 0.0230. The van der Waals surface area contributed by atoms with Crippen LogP contribution in [0.2, 0.25) is 0 Å². The number of nitrogens with zero attached hydrogens (tertiary/aromatic N) is 3. The largest absolute Gasteiger partial charge is 0.328 e. The Morgan fingerprint density at radius 2 is 1.82 bits per heavy atom. The molecule has 0 spiro atoms. The average molecular weight is 374 g/mol. The number of benzene rings is 2. The Morgan fingerprint density at radius 1 is 1.07 bits per heavy atom. The summed E-state index contributed by atoms with van der Waals surface area (Å²) < 4.78 is 2.26. The van der Waals surface area contributed by atoms with Crippen LogP contribution in [0.15, 0.2) is 54.7 Å². The van der Waals surface area contributed by atoms with E-state index in [1.165, 1.54) is 11.1 Å². The summed E-state index contributed by atoms with van der Waals surface area (Å²) in [6.07, 6.45) is 1.92. The lowest BCUT2D eigenvalue weighted by Gasteiger charge is -2.39. The van der Waals surface area contributed by atoms with Gasteiger partial charge < -0.3 is 14.8 Å². The minimum atomic E-state index is -0.0230. The lowest BCUT2D eigenvalue weighted by atomic mass is 10.0. The van der Waals surface area contributed by atoms with Crippen molar-refractivity contribution in [2.24, 2.45) is 5.92 Å². The molecule has 0 aliphatic carbocycles. The molecule has 0 atom stereocenters. The van der Waals surface area contributed by atoms with Crippen LogP contribution in [0, 0.1) is 26.7 Å². The number of hydrogen-bond acceptors (Lipinski definition) is 2. The predicted molar refractivity (Wildman–Crippen MR) is 112 cm³/mol. The highest BCUT2D eigenvalue weighted by atomic mass is 16.2. The van der Waals surface area contributed by atoms with Crippen molar-refractivity contribution < 1.29 is 4.79 Å². The van der Waals surface area contributed by atoms with Crippen LogP contribution < -0.4 is 5.32 Å². The zero-order valence-electron chi connectivity index (χ0n) is 16.6. The first kappa shape index (κ1) is 18.3. The van der Waals surface area contributed by atoms with Crippen LogP contribution in [-0.4, -0.2) is 33.6 Å². The summed E-state index contributed by atoms with van der Waals surface area (Å²) in [5.74, 6) is 1.44. The Hall–Kier alpha value is -3.08. The molecule has 5 nitrogen and oxygen atoms in total. The smallest absolute Gasteiger partial charge is 0.321 e. The second-order valence-electron chi connectivity index (χ2n) is 7.70. The predicted octanol–water partition coefficient (Wildman–Crippen LogP) is 4.64. The van der Waals surface area contributed by atoms with E-state index in [2.05, 4.69) is 47.8 Å². The van der Waals surface area contributed by atoms with Crippen molar-refractivity contribution in [2.45, 2.75) is 27.3 Å². The van der Waals surface area contributed by atoms with Crippen molar-refractivity contribution in [1.82, 2.24) is 14.5 Å². The van der Waals surface area contributed by atoms with E-state index < -0.39 is 0 Å². The van der Waals surface area contributed by atoms with Crippen molar-refractivity contribution in [1.29, 1.82) is 0 Å². The molecule has 2 amide bonds. The van der Waals surface area contributed by atoms with Gasteiger partial charge in [-0.2, -0.15) is 0 Å². The number of carbonyl (C=O) groups excluding carboxylic acids is 1. The van der Waals surface area contributed by atoms with Crippen LogP contribution >= 0.6 is 0 Å². The molecule has 1 aliphatic heterocycles. The fourth-order valence-corrected chi connectivity index (χ4v) is 3.64. The third-order valence-corrected chi connectivity index (χ3v) is 5.53. The monoisotopic (exact) mass is 374 g/mol. The van der Waals surface area contributed by atoms with E-state index in [9.17, 15) is 4.79 Å². The van der Waals surface area contributed by atoms with Crippen molar-refractivity contribution >= 4 is 11.7 Å². The van der Waals surface area contributed by atoms with Crippen LogP contribution in [0.3, 0.4) is 0 Å². The van der Waals surface area contributed by atoms with Gasteiger partial charge in [-0.15, -0.1) is 0 Å². The second-order valence-corrected chi connectivity index (χ2v) is 7.70. The molecule has 0 radical (unpaired) electrons. The Morgan fingerprint density at radius 3 is 2.54 bits per heavy atom. The fraction of sp³-hybridized carbons (Fsp3) is 0.304. The van der Waals surface area contributed by atoms with Gasteiger partial charge >= 0.3 is 6.03 Å². The molecule has 2 aromatic carbocycles. The number of anilines is 1. The SMILES string of the molecule is Cc1ccc(NC(=O)N2CC(Cn3c(C)cnc3-c3ccccc3)C2)cc1C. The highest BCUT2D eigenvalue weighted by Gasteiger charge is 2.31. The molecule has 2 heterocycles. The molecular weight excluding hydrogens is 348 g/mol. The highest BCUT2D eigenvalue weighted by Crippen LogP contribution is 2.25. The molecule has 4 rings (SSSR count). The third-order valence-electron chi connectivity index (χ3n) is 5.53. The Kier molecular flexibility index (Phi) is 4.90. The van der Waals surface area contributed by atoms with E-state index in [1.807, 2.05) is 47.5 Å². The zero-order valence-corrected chi connectivity index (χ0v) is 16.6. The minimum Gasteiger partial charge on any atom is -0.328 e. The van der Waals surface area contributed by atoms with Crippen molar-refractivity contribution in [2.75, 3.05) is 18.4 Å². The molecule has 1 aliphatic rings. The molecule has 0 bridgehead atoms. The molecule has 1 aromatic heterocycles. The summed E-state index contributed by atoms with van der Waals surface area (Å²) in [4.78, 5) is 19.0. The quantitative estimate of drug-likeness (QED) is 0.723. The molecule has 1 N–H and O–H groups in total. The summed E-state index contributed by atoms with van der Waals surface area (Å²) in [6.45, 7) is 8.63. The number of aromatic nitrogens is 2. The molecule has 3 aromatic rings. The molecule has 1 saturated heterocycles. The number of rotatable bonds is 4. The standard InChI is InChI=1S/C23H26N4O/c1-16-9-10-21(11-17(16)2)25-23(28)26-13-19(14-26)15-27-18(3)12-24-22(27)20-7-5-4-6-8-20/h4-12,19H,13-15H2,1-3H3,(H,25,28). The summed E-state index contributed by atoms with van der Waals surface area (Å²) in [5, 5.41) is 3.01. The molecular formula is C23H26N4O. The van der Waals surface area contributed by atoms with Crippen molar-refractivity contribution in [3.63, 3.8) is 0 Å². The maximum atomic E-state index is 12.5. The van der Waals surface area contributed by atoms with Crippen molar-refractivity contribution in [3.05, 3.63) is 71.5 Å². The first-order chi connectivity index (χ1) is 13.5. The van der Waals surface area contributed by atoms with Gasteiger partial charge in [0.2, 0.25) is 0 Å². The van der Waals surface area contributed by atoms with E-state index >= 15 is 0 Å². The second kappa shape index (κ2) is 7.50. The summed E-state index contributed by atoms with van der Waals surface area (Å²) in [7, 11) is 0. The van der Waals surface area contributed by atoms with Crippen LogP contribution in [0.1, 0.15) is 16.8 Å². The van der Waals surface area contributed by atoms with E-state index in [1.54, 1.807) is 0 Å². The molecule has 5 heteroatoms. The zero-order chi connectivity index (χ0) is 19.7. The van der Waals surface area contributed by atoms with Crippen LogP contribution in [0.25, 0.3) is 11.4 Å². The van der Waals surface area contributed by atoms with E-state index in [0.717, 1.165) is 42.4 Å². The van der Waals surface area contributed by atoms with Gasteiger partial charge in [0.05, 0.1) is 0 Å². The summed E-state index contributed by atoms with van der Waals surface area (Å²) >= 11 is 0. The van der Waals surface area contributed by atoms with Gasteiger partial charge in [0.15, 0.2) is 0 Å². The normalized spacial score (nSPS) is 14.0. The summed E-state index contributed by atoms with van der Waals surface area (Å²) in [6, 6.07) is 16.2. The van der Waals surface area contributed by atoms with Gasteiger partial charge in [-0.25, -0.2) is 9.78 Å². The number of nitrogens with one attached hydrogen (secondary N) is 1. The highest BCUT2D eigenvalue weighted by molar-refractivity contribution is 5.90. The van der Waals surface area contributed by atoms with Gasteiger partial charge in [-0.1, -0.05) is 36.4 Å². The number of likely N-dealkylation sites (tertiary alicyclic amines) is 1. The number of hydrogen-bond donors (Lipinski definition) is 1. The topological polar surface area (TPSA) is 50.2 Å². The first-order valence-corrected chi connectivity index (χ1v) is 9.72. The van der Waals surface area contributed by atoms with Crippen LogP contribution in [0.5, 0.6) is 0 Å². The van der Waals surface area contributed by atoms with Crippen LogP contribution in [-0.2, 0) is 6.54 Å². The van der Waals surface area contributed by atoms with E-state index in [0.29, 0.717) is 5.92 Å². The number of imidazole rings is 1. The number of amides is 2. The lowest BCUT2D eigenvalue weighted by molar-refractivity contribution is 0.120. The maximum absolute atomic E-state index is 12.5. The molecule has 28 heavy (non-hydrogen) atoms. The Labute approximate surface area is 166 Å². The maximum Gasteiger partial charge on any atom is 0.321 e. The third kappa shape index (κ3) is 3.65. The van der Waals surface area contributed by atoms with Gasteiger partial charge in [-0.3, -0.25) is 0 Å². The van der Waals surface area contributed by atoms with E-state index in [4.69, 9.17) is 0 Å². The number of carbonyl (C=O) groups is 1. The molecule has 1 fully saturated rings. The molecule has 144 valence electrons. The number of urea groups is 1. The van der Waals surface area contributed by atoms with Gasteiger partial charge in [0, 0.05) is 48.7 Å². The Balaban J connectivity index is 1.37. The average Bonchev–Trinajstić information content (AvgIpc) is 3.02. The number of aryl methyl sites for hydroxylation is 3. The van der Waals surface area contributed by atoms with Gasteiger partial charge in [0.1, 0.15) is 5.82 Å². The van der Waals surface area contributed by atoms with E-state index in [-0.39, 0.29) is 6.03 Å². The Bertz CT molecular complexity index is 987. The molecule has 0 saturated carbocycles. The van der Waals surface area contributed by atoms with Crippen LogP contribution in [0.4, 0.5) is 10.5 Å². The molecule has 0 unspecified atom stereocenters. The fourth-order valence-electron chi connectivity index (χ4n) is 3.64. The van der Waals surface area contributed by atoms with Gasteiger partial charge in [0.25, 0.3) is 0 Å². The summed E-state index contributed by atoms with van der Waals surface area (Å²) in [5.41, 5.74) is 5.54. The first-order valence-electron chi connectivity index (χ1n) is 9.72. The van der Waals surface area contributed by atoms with Gasteiger partial charge in [-0.05, 0) is 44.0 Å².